The van der Waals surface area contributed by atoms with Crippen molar-refractivity contribution in [2.24, 2.45) is 5.41 Å². The van der Waals surface area contributed by atoms with E-state index in [1.165, 1.54) is 24.0 Å². The van der Waals surface area contributed by atoms with Crippen molar-refractivity contribution in [3.8, 4) is 0 Å². The molecule has 198 valence electrons. The number of carbonyl (C=O) groups excluding carboxylic acids is 1. The van der Waals surface area contributed by atoms with E-state index in [4.69, 9.17) is 4.74 Å². The van der Waals surface area contributed by atoms with E-state index in [0.29, 0.717) is 17.7 Å². The van der Waals surface area contributed by atoms with Gasteiger partial charge in [-0.2, -0.15) is 26.3 Å². The second-order valence-corrected chi connectivity index (χ2v) is 10.0. The fourth-order valence-corrected chi connectivity index (χ4v) is 4.30. The first-order valence-electron chi connectivity index (χ1n) is 11.1. The van der Waals surface area contributed by atoms with Crippen molar-refractivity contribution in [3.63, 3.8) is 0 Å². The van der Waals surface area contributed by atoms with Crippen LogP contribution in [0.5, 0.6) is 0 Å². The van der Waals surface area contributed by atoms with Gasteiger partial charge in [-0.05, 0) is 53.8 Å². The van der Waals surface area contributed by atoms with Crippen LogP contribution < -0.4 is 5.32 Å². The van der Waals surface area contributed by atoms with Crippen LogP contribution in [0.2, 0.25) is 0 Å². The van der Waals surface area contributed by atoms with Gasteiger partial charge in [0, 0.05) is 7.05 Å². The van der Waals surface area contributed by atoms with Crippen LogP contribution in [0, 0.1) is 11.2 Å². The Morgan fingerprint density at radius 2 is 1.47 bits per heavy atom. The van der Waals surface area contributed by atoms with E-state index >= 15 is 0 Å². The maximum atomic E-state index is 13.6. The molecule has 1 saturated heterocycles. The summed E-state index contributed by atoms with van der Waals surface area (Å²) >= 11 is 0. The third-order valence-electron chi connectivity index (χ3n) is 6.24. The number of hydrogen-bond donors (Lipinski definition) is 1. The lowest BCUT2D eigenvalue weighted by atomic mass is 9.89. The fourth-order valence-electron chi connectivity index (χ4n) is 4.30. The van der Waals surface area contributed by atoms with Crippen molar-refractivity contribution in [1.82, 2.24) is 10.2 Å². The van der Waals surface area contributed by atoms with Gasteiger partial charge in [0.2, 0.25) is 0 Å². The molecule has 0 unspecified atom stereocenters. The Hall–Kier alpha value is -2.66. The molecule has 1 heterocycles. The van der Waals surface area contributed by atoms with Crippen molar-refractivity contribution in [2.75, 3.05) is 13.7 Å². The molecule has 0 bridgehead atoms. The lowest BCUT2D eigenvalue weighted by Gasteiger charge is -2.33. The van der Waals surface area contributed by atoms with E-state index in [2.05, 4.69) is 5.32 Å². The Morgan fingerprint density at radius 1 is 0.972 bits per heavy atom. The Kier molecular flexibility index (Phi) is 7.24. The van der Waals surface area contributed by atoms with Gasteiger partial charge >= 0.3 is 12.4 Å². The minimum Gasteiger partial charge on any atom is -0.371 e. The summed E-state index contributed by atoms with van der Waals surface area (Å²) in [7, 11) is 1.57. The molecule has 2 aromatic rings. The van der Waals surface area contributed by atoms with Crippen molar-refractivity contribution >= 4 is 5.91 Å². The summed E-state index contributed by atoms with van der Waals surface area (Å²) in [6, 6.07) is 6.32. The number of nitrogens with zero attached hydrogens (tertiary/aromatic N) is 1. The molecule has 0 aliphatic carbocycles. The summed E-state index contributed by atoms with van der Waals surface area (Å²) in [6.07, 6.45) is -11.7. The molecule has 36 heavy (non-hydrogen) atoms. The van der Waals surface area contributed by atoms with E-state index in [0.717, 1.165) is 12.1 Å². The number of amides is 1. The summed E-state index contributed by atoms with van der Waals surface area (Å²) in [5, 5.41) is 3.23. The lowest BCUT2D eigenvalue weighted by molar-refractivity contribution is -0.143. The van der Waals surface area contributed by atoms with Gasteiger partial charge in [0.1, 0.15) is 11.4 Å². The highest BCUT2D eigenvalue weighted by atomic mass is 19.4. The molecular formula is C25H27F7N2O2. The minimum absolute atomic E-state index is 0.0428. The number of alkyl halides is 6. The van der Waals surface area contributed by atoms with Gasteiger partial charge in [-0.25, -0.2) is 4.39 Å². The average molecular weight is 520 g/mol. The third-order valence-corrected chi connectivity index (χ3v) is 6.24. The van der Waals surface area contributed by atoms with Crippen LogP contribution in [0.15, 0.2) is 42.5 Å². The van der Waals surface area contributed by atoms with Crippen LogP contribution >= 0.6 is 0 Å². The normalized spacial score (nSPS) is 22.3. The predicted octanol–water partition coefficient (Wildman–Crippen LogP) is 6.27. The van der Waals surface area contributed by atoms with E-state index in [1.54, 1.807) is 7.05 Å². The number of likely N-dealkylation sites (N-methyl/N-ethyl adjacent to an activating group) is 1. The van der Waals surface area contributed by atoms with E-state index in [1.807, 2.05) is 20.8 Å². The van der Waals surface area contributed by atoms with Crippen molar-refractivity contribution in [1.29, 1.82) is 0 Å². The number of nitrogens with one attached hydrogen (secondary N) is 1. The molecule has 11 heteroatoms. The third kappa shape index (κ3) is 5.51. The molecule has 1 fully saturated rings. The molecule has 0 spiro atoms. The molecule has 4 nitrogen and oxygen atoms in total. The molecule has 1 aliphatic rings. The van der Waals surface area contributed by atoms with Gasteiger partial charge in [-0.3, -0.25) is 10.1 Å². The van der Waals surface area contributed by atoms with Gasteiger partial charge in [0.25, 0.3) is 5.91 Å². The lowest BCUT2D eigenvalue weighted by Crippen LogP contribution is -2.51. The minimum atomic E-state index is -5.00. The highest BCUT2D eigenvalue weighted by Gasteiger charge is 2.54. The number of ether oxygens (including phenoxy) is 1. The second-order valence-electron chi connectivity index (χ2n) is 10.0. The Morgan fingerprint density at radius 3 is 1.89 bits per heavy atom. The van der Waals surface area contributed by atoms with Crippen LogP contribution in [-0.2, 0) is 27.4 Å². The standard InChI is InChI=1S/C25H27F7N2O2/c1-14(15-10-17(24(27,28)29)12-18(11-15)25(30,31)32)36-13-23(16-6-8-19(26)9-7-16)21(35)34(5)20(33-23)22(2,3)4/h6-12,14,20,33H,13H2,1-5H3/t14-,20-,23-/m1/s1. The quantitative estimate of drug-likeness (QED) is 0.473. The highest BCUT2D eigenvalue weighted by Crippen LogP contribution is 2.40. The van der Waals surface area contributed by atoms with Crippen LogP contribution in [0.25, 0.3) is 0 Å². The Balaban J connectivity index is 2.00. The zero-order chi connectivity index (χ0) is 27.3. The van der Waals surface area contributed by atoms with Gasteiger partial charge in [-0.1, -0.05) is 32.9 Å². The van der Waals surface area contributed by atoms with Crippen molar-refractivity contribution < 1.29 is 40.3 Å². The predicted molar refractivity (Wildman–Crippen MR) is 118 cm³/mol. The maximum absolute atomic E-state index is 13.6. The molecule has 2 aromatic carbocycles. The monoisotopic (exact) mass is 520 g/mol. The van der Waals surface area contributed by atoms with Crippen molar-refractivity contribution in [2.45, 2.75) is 57.9 Å². The van der Waals surface area contributed by atoms with Crippen LogP contribution in [0.3, 0.4) is 0 Å². The zero-order valence-electron chi connectivity index (χ0n) is 20.3. The topological polar surface area (TPSA) is 41.6 Å². The van der Waals surface area contributed by atoms with Gasteiger partial charge in [-0.15, -0.1) is 0 Å². The number of benzene rings is 2. The largest absolute Gasteiger partial charge is 0.416 e. The summed E-state index contributed by atoms with van der Waals surface area (Å²) in [6.45, 7) is 6.55. The van der Waals surface area contributed by atoms with Gasteiger partial charge in [0.15, 0.2) is 0 Å². The molecular weight excluding hydrogens is 493 g/mol. The molecule has 1 amide bonds. The average Bonchev–Trinajstić information content (AvgIpc) is 3.03. The first kappa shape index (κ1) is 27.9. The SMILES string of the molecule is C[C@@H](OC[C@]1(c2ccc(F)cc2)N[C@@H](C(C)(C)C)N(C)C1=O)c1cc(C(F)(F)F)cc(C(F)(F)F)c1. The molecule has 1 aliphatic heterocycles. The van der Waals surface area contributed by atoms with Gasteiger partial charge < -0.3 is 9.64 Å². The molecule has 0 aromatic heterocycles. The van der Waals surface area contributed by atoms with Crippen molar-refractivity contribution in [3.05, 3.63) is 70.5 Å². The van der Waals surface area contributed by atoms with E-state index < -0.39 is 65.0 Å². The number of hydrogen-bond acceptors (Lipinski definition) is 3. The number of carbonyl (C=O) groups is 1. The summed E-state index contributed by atoms with van der Waals surface area (Å²) in [5.74, 6) is -0.973. The van der Waals surface area contributed by atoms with Crippen LogP contribution in [-0.4, -0.2) is 30.6 Å². The molecule has 0 saturated carbocycles. The Bertz CT molecular complexity index is 1080. The van der Waals surface area contributed by atoms with Crippen LogP contribution in [0.1, 0.15) is 56.1 Å². The molecule has 1 N–H and O–H groups in total. The van der Waals surface area contributed by atoms with Gasteiger partial charge in [0.05, 0.1) is 30.0 Å². The molecule has 3 atom stereocenters. The first-order chi connectivity index (χ1) is 16.4. The molecule has 3 rings (SSSR count). The van der Waals surface area contributed by atoms with Crippen LogP contribution in [0.4, 0.5) is 30.7 Å². The molecule has 0 radical (unpaired) electrons. The maximum Gasteiger partial charge on any atom is 0.416 e. The first-order valence-corrected chi connectivity index (χ1v) is 11.1. The van der Waals surface area contributed by atoms with E-state index in [9.17, 15) is 35.5 Å². The number of rotatable bonds is 5. The Labute approximate surface area is 204 Å². The summed E-state index contributed by atoms with van der Waals surface area (Å²) in [4.78, 5) is 14.9. The second kappa shape index (κ2) is 9.33. The zero-order valence-corrected chi connectivity index (χ0v) is 20.3. The highest BCUT2D eigenvalue weighted by molar-refractivity contribution is 5.90. The summed E-state index contributed by atoms with van der Waals surface area (Å²) < 4.78 is 99.2. The van der Waals surface area contributed by atoms with E-state index in [-0.39, 0.29) is 11.6 Å². The summed E-state index contributed by atoms with van der Waals surface area (Å²) in [5.41, 5.74) is -4.90. The smallest absolute Gasteiger partial charge is 0.371 e. The fraction of sp³-hybridized carbons (Fsp3) is 0.480. The number of halogens is 7.